The smallest absolute Gasteiger partial charge is 0.418 e. The van der Waals surface area contributed by atoms with E-state index in [-0.39, 0.29) is 54.2 Å². The Hall–Kier alpha value is -4.24. The van der Waals surface area contributed by atoms with Gasteiger partial charge in [0.2, 0.25) is 0 Å². The van der Waals surface area contributed by atoms with Crippen LogP contribution in [0.1, 0.15) is 69.1 Å². The minimum absolute atomic E-state index is 0.0532. The number of nitrogens with two attached hydrogens (primary N) is 1. The largest absolute Gasteiger partial charge is 0.466 e. The predicted octanol–water partition coefficient (Wildman–Crippen LogP) is 6.20. The number of carbonyl (C=O) groups is 4. The van der Waals surface area contributed by atoms with Crippen LogP contribution in [0.3, 0.4) is 0 Å². The summed E-state index contributed by atoms with van der Waals surface area (Å²) in [6.45, 7) is 7.31. The van der Waals surface area contributed by atoms with Crippen LogP contribution >= 0.6 is 11.6 Å². The van der Waals surface area contributed by atoms with E-state index >= 15 is 0 Å². The van der Waals surface area contributed by atoms with Crippen LogP contribution < -0.4 is 11.1 Å². The van der Waals surface area contributed by atoms with Crippen molar-refractivity contribution in [1.29, 1.82) is 0 Å². The maximum absolute atomic E-state index is 14.1. The average Bonchev–Trinajstić information content (AvgIpc) is 3.33. The maximum atomic E-state index is 14.1. The summed E-state index contributed by atoms with van der Waals surface area (Å²) >= 11 is 6.13. The number of carbonyl (C=O) groups excluding carboxylic acids is 4. The van der Waals surface area contributed by atoms with E-state index in [0.717, 1.165) is 30.4 Å². The van der Waals surface area contributed by atoms with Gasteiger partial charge in [0, 0.05) is 56.9 Å². The van der Waals surface area contributed by atoms with E-state index in [0.29, 0.717) is 71.2 Å². The van der Waals surface area contributed by atoms with Crippen molar-refractivity contribution in [3.05, 3.63) is 58.1 Å². The highest BCUT2D eigenvalue weighted by Gasteiger charge is 2.42. The molecule has 300 valence electrons. The molecule has 3 fully saturated rings. The molecule has 55 heavy (non-hydrogen) atoms. The molecule has 4 aliphatic rings. The molecule has 4 aliphatic heterocycles. The van der Waals surface area contributed by atoms with Gasteiger partial charge < -0.3 is 40.1 Å². The second-order valence-corrected chi connectivity index (χ2v) is 15.6. The molecule has 3 saturated heterocycles. The number of nitrogen functional groups attached to an aromatic ring is 1. The summed E-state index contributed by atoms with van der Waals surface area (Å²) in [5, 5.41) is 2.67. The molecule has 12 nitrogen and oxygen atoms in total. The van der Waals surface area contributed by atoms with Crippen LogP contribution in [0.2, 0.25) is 5.02 Å². The molecule has 0 spiro atoms. The summed E-state index contributed by atoms with van der Waals surface area (Å²) in [5.74, 6) is -0.682. The molecule has 3 N–H and O–H groups in total. The number of alkyl halides is 3. The topological polar surface area (TPSA) is 138 Å². The van der Waals surface area contributed by atoms with Gasteiger partial charge in [-0.3, -0.25) is 9.59 Å². The molecule has 0 aliphatic carbocycles. The zero-order valence-electron chi connectivity index (χ0n) is 31.3. The Morgan fingerprint density at radius 1 is 0.964 bits per heavy atom. The van der Waals surface area contributed by atoms with Crippen LogP contribution in [0, 0.1) is 5.41 Å². The Bertz CT molecular complexity index is 1740. The van der Waals surface area contributed by atoms with Crippen LogP contribution in [-0.4, -0.2) is 114 Å². The van der Waals surface area contributed by atoms with E-state index in [1.54, 1.807) is 16.7 Å². The standard InChI is InChI=1S/C39H50ClF3N6O6/c1-3-54-35(51)38(2)13-20-46(21-14-38)27-9-15-47(16-10-27)34(50)32(24-25-22-29(39(41,42)43)33(44)30(40)23-25)55-37(53)48-17-11-28(12-18-48)49-19-8-26-6-4-5-7-31(26)45-36(49)52/h4-7,22-23,27-28,32H,3,8-21,24,44H2,1-2H3,(H,45,52). The van der Waals surface area contributed by atoms with Crippen LogP contribution in [0.4, 0.5) is 34.1 Å². The van der Waals surface area contributed by atoms with Crippen molar-refractivity contribution in [2.24, 2.45) is 5.41 Å². The summed E-state index contributed by atoms with van der Waals surface area (Å²) in [5.41, 5.74) is 5.28. The van der Waals surface area contributed by atoms with Crippen LogP contribution in [-0.2, 0) is 38.1 Å². The molecule has 0 radical (unpaired) electrons. The number of para-hydroxylation sites is 1. The molecule has 4 amide bonds. The Morgan fingerprint density at radius 2 is 1.60 bits per heavy atom. The van der Waals surface area contributed by atoms with E-state index in [2.05, 4.69) is 10.2 Å². The molecule has 6 rings (SSSR count). The second kappa shape index (κ2) is 16.9. The van der Waals surface area contributed by atoms with Gasteiger partial charge in [0.1, 0.15) is 0 Å². The fourth-order valence-electron chi connectivity index (χ4n) is 8.26. The molecule has 0 saturated carbocycles. The first kappa shape index (κ1) is 40.4. The lowest BCUT2D eigenvalue weighted by molar-refractivity contribution is -0.158. The zero-order valence-corrected chi connectivity index (χ0v) is 32.1. The second-order valence-electron chi connectivity index (χ2n) is 15.2. The number of urea groups is 1. The molecular formula is C39H50ClF3N6O6. The molecule has 2 aromatic carbocycles. The fourth-order valence-corrected chi connectivity index (χ4v) is 8.50. The third kappa shape index (κ3) is 9.25. The molecule has 16 heteroatoms. The summed E-state index contributed by atoms with van der Waals surface area (Å²) in [7, 11) is 0. The minimum Gasteiger partial charge on any atom is -0.466 e. The number of piperidine rings is 3. The fraction of sp³-hybridized carbons (Fsp3) is 0.590. The normalized spacial score (nSPS) is 20.6. The zero-order chi connectivity index (χ0) is 39.5. The number of amides is 4. The van der Waals surface area contributed by atoms with E-state index in [9.17, 15) is 32.3 Å². The SMILES string of the molecule is CCOC(=O)C1(C)CCN(C2CCN(C(=O)C(Cc3cc(Cl)c(N)c(C(F)(F)F)c3)OC(=O)N3CCC(N4CCc5ccccc5NC4=O)CC3)CC2)CC1. The first-order valence-corrected chi connectivity index (χ1v) is 19.5. The molecule has 0 aromatic heterocycles. The number of esters is 1. The van der Waals surface area contributed by atoms with Crippen molar-refractivity contribution >= 4 is 47.0 Å². The van der Waals surface area contributed by atoms with Gasteiger partial charge in [0.05, 0.1) is 28.3 Å². The number of ether oxygens (including phenoxy) is 2. The number of halogens is 4. The Morgan fingerprint density at radius 3 is 2.25 bits per heavy atom. The first-order valence-electron chi connectivity index (χ1n) is 19.1. The Kier molecular flexibility index (Phi) is 12.4. The van der Waals surface area contributed by atoms with Crippen molar-refractivity contribution in [3.63, 3.8) is 0 Å². The highest BCUT2D eigenvalue weighted by molar-refractivity contribution is 6.33. The van der Waals surface area contributed by atoms with Crippen molar-refractivity contribution in [3.8, 4) is 0 Å². The molecule has 1 unspecified atom stereocenters. The van der Waals surface area contributed by atoms with Crippen molar-refractivity contribution in [2.75, 3.05) is 63.5 Å². The summed E-state index contributed by atoms with van der Waals surface area (Å²) in [6, 6.07) is 9.64. The van der Waals surface area contributed by atoms with Gasteiger partial charge in [-0.25, -0.2) is 9.59 Å². The minimum atomic E-state index is -4.79. The molecule has 4 heterocycles. The number of fused-ring (bicyclic) bond motifs is 1. The highest BCUT2D eigenvalue weighted by Crippen LogP contribution is 2.39. The van der Waals surface area contributed by atoms with Crippen molar-refractivity contribution in [1.82, 2.24) is 19.6 Å². The number of anilines is 2. The van der Waals surface area contributed by atoms with Gasteiger partial charge in [0.15, 0.2) is 6.10 Å². The molecular weight excluding hydrogens is 741 g/mol. The highest BCUT2D eigenvalue weighted by atomic mass is 35.5. The van der Waals surface area contributed by atoms with Gasteiger partial charge in [-0.15, -0.1) is 0 Å². The van der Waals surface area contributed by atoms with Gasteiger partial charge in [-0.2, -0.15) is 13.2 Å². The third-order valence-electron chi connectivity index (χ3n) is 11.7. The van der Waals surface area contributed by atoms with Gasteiger partial charge in [0.25, 0.3) is 5.91 Å². The summed E-state index contributed by atoms with van der Waals surface area (Å²) in [4.78, 5) is 60.6. The number of hydrogen-bond donors (Lipinski definition) is 2. The molecule has 2 aromatic rings. The van der Waals surface area contributed by atoms with E-state index in [1.807, 2.05) is 31.2 Å². The lowest BCUT2D eigenvalue weighted by atomic mass is 9.79. The van der Waals surface area contributed by atoms with Gasteiger partial charge >= 0.3 is 24.3 Å². The first-order chi connectivity index (χ1) is 26.2. The predicted molar refractivity (Wildman–Crippen MR) is 200 cm³/mol. The van der Waals surface area contributed by atoms with E-state index in [1.165, 1.54) is 11.0 Å². The van der Waals surface area contributed by atoms with E-state index < -0.39 is 40.9 Å². The Labute approximate surface area is 324 Å². The number of nitrogens with one attached hydrogen (secondary N) is 1. The maximum Gasteiger partial charge on any atom is 0.418 e. The summed E-state index contributed by atoms with van der Waals surface area (Å²) < 4.78 is 52.8. The Balaban J connectivity index is 1.10. The quantitative estimate of drug-likeness (QED) is 0.238. The summed E-state index contributed by atoms with van der Waals surface area (Å²) in [6.07, 6.45) is -2.99. The third-order valence-corrected chi connectivity index (χ3v) is 12.0. The lowest BCUT2D eigenvalue weighted by Gasteiger charge is -2.44. The number of rotatable bonds is 8. The number of benzene rings is 2. The molecule has 1 atom stereocenters. The monoisotopic (exact) mass is 790 g/mol. The van der Waals surface area contributed by atoms with Crippen LogP contribution in [0.15, 0.2) is 36.4 Å². The molecule has 0 bridgehead atoms. The van der Waals surface area contributed by atoms with Gasteiger partial charge in [-0.1, -0.05) is 29.8 Å². The van der Waals surface area contributed by atoms with Crippen LogP contribution in [0.25, 0.3) is 0 Å². The van der Waals surface area contributed by atoms with Gasteiger partial charge in [-0.05, 0) is 101 Å². The van der Waals surface area contributed by atoms with E-state index in [4.69, 9.17) is 26.8 Å². The lowest BCUT2D eigenvalue weighted by Crippen LogP contribution is -2.54. The number of nitrogens with zero attached hydrogens (tertiary/aromatic N) is 4. The van der Waals surface area contributed by atoms with Crippen LogP contribution in [0.5, 0.6) is 0 Å². The number of hydrogen-bond acceptors (Lipinski definition) is 8. The number of likely N-dealkylation sites (tertiary alicyclic amines) is 3. The van der Waals surface area contributed by atoms with Crippen molar-refractivity contribution < 1.29 is 41.8 Å². The van der Waals surface area contributed by atoms with Crippen molar-refractivity contribution in [2.45, 2.75) is 89.6 Å². The average molecular weight is 791 g/mol.